The monoisotopic (exact) mass is 362 g/mol. The zero-order valence-corrected chi connectivity index (χ0v) is 13.5. The quantitative estimate of drug-likeness (QED) is 0.743. The number of carbonyl (C=O) groups excluding carboxylic acids is 1. The van der Waals surface area contributed by atoms with Gasteiger partial charge in [0.1, 0.15) is 0 Å². The molecule has 1 fully saturated rings. The molecule has 2 atom stereocenters. The predicted molar refractivity (Wildman–Crippen MR) is 85.1 cm³/mol. The summed E-state index contributed by atoms with van der Waals surface area (Å²) in [4.78, 5) is 11.7. The molecule has 0 saturated carbocycles. The lowest BCUT2D eigenvalue weighted by Gasteiger charge is -2.14. The Morgan fingerprint density at radius 2 is 2.05 bits per heavy atom. The summed E-state index contributed by atoms with van der Waals surface area (Å²) in [7, 11) is 0. The second kappa shape index (κ2) is 8.62. The molecule has 1 aliphatic rings. The van der Waals surface area contributed by atoms with Gasteiger partial charge >= 0.3 is 0 Å². The summed E-state index contributed by atoms with van der Waals surface area (Å²) in [5.74, 6) is 0.179. The Balaban J connectivity index is 0.00000200. The van der Waals surface area contributed by atoms with Gasteiger partial charge in [-0.25, -0.2) is 0 Å². The van der Waals surface area contributed by atoms with Crippen molar-refractivity contribution in [3.63, 3.8) is 0 Å². The average molecular weight is 364 g/mol. The zero-order chi connectivity index (χ0) is 13.7. The SMILES string of the molecule is Cl.O=C(CCc1ccc(Br)cc1)NCC1CNCC1O. The minimum atomic E-state index is -0.341. The summed E-state index contributed by atoms with van der Waals surface area (Å²) in [6.45, 7) is 1.95. The molecule has 6 heteroatoms. The van der Waals surface area contributed by atoms with E-state index in [4.69, 9.17) is 0 Å². The molecule has 1 aromatic carbocycles. The van der Waals surface area contributed by atoms with Gasteiger partial charge in [-0.1, -0.05) is 28.1 Å². The van der Waals surface area contributed by atoms with Crippen LogP contribution in [-0.4, -0.2) is 36.8 Å². The van der Waals surface area contributed by atoms with Gasteiger partial charge < -0.3 is 15.7 Å². The molecule has 2 unspecified atom stereocenters. The minimum absolute atomic E-state index is 0. The molecule has 20 heavy (non-hydrogen) atoms. The van der Waals surface area contributed by atoms with E-state index in [9.17, 15) is 9.90 Å². The Bertz CT molecular complexity index is 428. The highest BCUT2D eigenvalue weighted by Crippen LogP contribution is 2.12. The molecule has 1 heterocycles. The molecule has 112 valence electrons. The van der Waals surface area contributed by atoms with Crippen LogP contribution in [0.2, 0.25) is 0 Å². The first-order valence-corrected chi connectivity index (χ1v) is 7.34. The van der Waals surface area contributed by atoms with E-state index in [1.807, 2.05) is 24.3 Å². The largest absolute Gasteiger partial charge is 0.391 e. The number of nitrogens with one attached hydrogen (secondary N) is 2. The van der Waals surface area contributed by atoms with E-state index >= 15 is 0 Å². The number of halogens is 2. The first-order valence-electron chi connectivity index (χ1n) is 6.55. The molecular formula is C14H20BrClN2O2. The number of amides is 1. The number of hydrogen-bond donors (Lipinski definition) is 3. The van der Waals surface area contributed by atoms with E-state index in [0.717, 1.165) is 23.0 Å². The lowest BCUT2D eigenvalue weighted by atomic mass is 10.1. The number of aryl methyl sites for hydroxylation is 1. The number of aliphatic hydroxyl groups is 1. The first kappa shape index (κ1) is 17.4. The number of aliphatic hydroxyl groups excluding tert-OH is 1. The van der Waals surface area contributed by atoms with E-state index in [1.54, 1.807) is 0 Å². The van der Waals surface area contributed by atoms with Crippen LogP contribution < -0.4 is 10.6 Å². The van der Waals surface area contributed by atoms with Crippen LogP contribution in [0.5, 0.6) is 0 Å². The Morgan fingerprint density at radius 1 is 1.35 bits per heavy atom. The van der Waals surface area contributed by atoms with Crippen LogP contribution in [0.4, 0.5) is 0 Å². The van der Waals surface area contributed by atoms with Crippen molar-refractivity contribution < 1.29 is 9.90 Å². The fourth-order valence-electron chi connectivity index (χ4n) is 2.17. The summed E-state index contributed by atoms with van der Waals surface area (Å²) < 4.78 is 1.04. The Kier molecular flexibility index (Phi) is 7.51. The normalized spacial score (nSPS) is 21.3. The molecule has 1 aromatic rings. The lowest BCUT2D eigenvalue weighted by Crippen LogP contribution is -2.34. The van der Waals surface area contributed by atoms with Gasteiger partial charge in [-0.15, -0.1) is 12.4 Å². The molecular weight excluding hydrogens is 344 g/mol. The predicted octanol–water partition coefficient (Wildman–Crippen LogP) is 1.50. The highest BCUT2D eigenvalue weighted by Gasteiger charge is 2.24. The van der Waals surface area contributed by atoms with E-state index in [1.165, 1.54) is 0 Å². The van der Waals surface area contributed by atoms with Gasteiger partial charge in [-0.05, 0) is 24.1 Å². The number of benzene rings is 1. The highest BCUT2D eigenvalue weighted by molar-refractivity contribution is 9.10. The molecule has 0 aromatic heterocycles. The van der Waals surface area contributed by atoms with Gasteiger partial charge in [0.2, 0.25) is 5.91 Å². The van der Waals surface area contributed by atoms with Crippen LogP contribution in [0, 0.1) is 5.92 Å². The summed E-state index contributed by atoms with van der Waals surface area (Å²) in [5.41, 5.74) is 1.15. The van der Waals surface area contributed by atoms with E-state index in [2.05, 4.69) is 26.6 Å². The van der Waals surface area contributed by atoms with Crippen LogP contribution in [0.15, 0.2) is 28.7 Å². The van der Waals surface area contributed by atoms with Crippen LogP contribution in [0.1, 0.15) is 12.0 Å². The summed E-state index contributed by atoms with van der Waals surface area (Å²) in [6.07, 6.45) is 0.884. The number of carbonyl (C=O) groups is 1. The molecule has 4 nitrogen and oxygen atoms in total. The Morgan fingerprint density at radius 3 is 2.65 bits per heavy atom. The van der Waals surface area contributed by atoms with Crippen molar-refractivity contribution in [3.8, 4) is 0 Å². The number of hydrogen-bond acceptors (Lipinski definition) is 3. The number of rotatable bonds is 5. The summed E-state index contributed by atoms with van der Waals surface area (Å²) in [5, 5.41) is 15.6. The van der Waals surface area contributed by atoms with Crippen LogP contribution in [0.25, 0.3) is 0 Å². The maximum atomic E-state index is 11.7. The fourth-order valence-corrected chi connectivity index (χ4v) is 2.43. The third-order valence-electron chi connectivity index (χ3n) is 3.42. The summed E-state index contributed by atoms with van der Waals surface area (Å²) >= 11 is 3.38. The van der Waals surface area contributed by atoms with Crippen molar-refractivity contribution in [1.82, 2.24) is 10.6 Å². The van der Waals surface area contributed by atoms with E-state index in [-0.39, 0.29) is 30.3 Å². The second-order valence-corrected chi connectivity index (χ2v) is 5.83. The van der Waals surface area contributed by atoms with Crippen LogP contribution in [-0.2, 0) is 11.2 Å². The molecule has 0 radical (unpaired) electrons. The first-order chi connectivity index (χ1) is 9.15. The third kappa shape index (κ3) is 5.40. The molecule has 2 rings (SSSR count). The molecule has 1 amide bonds. The van der Waals surface area contributed by atoms with Crippen molar-refractivity contribution in [2.24, 2.45) is 5.92 Å². The van der Waals surface area contributed by atoms with Gasteiger partial charge in [0.15, 0.2) is 0 Å². The second-order valence-electron chi connectivity index (χ2n) is 4.92. The number of β-amino-alcohol motifs (C(OH)–C–C–N with tert-alkyl or cyclic N) is 1. The van der Waals surface area contributed by atoms with Gasteiger partial charge in [0.25, 0.3) is 0 Å². The van der Waals surface area contributed by atoms with Crippen LogP contribution in [0.3, 0.4) is 0 Å². The maximum Gasteiger partial charge on any atom is 0.220 e. The van der Waals surface area contributed by atoms with E-state index < -0.39 is 0 Å². The zero-order valence-electron chi connectivity index (χ0n) is 11.1. The van der Waals surface area contributed by atoms with Crippen LogP contribution >= 0.6 is 28.3 Å². The Hall–Kier alpha value is -0.620. The topological polar surface area (TPSA) is 61.4 Å². The maximum absolute atomic E-state index is 11.7. The molecule has 0 bridgehead atoms. The fraction of sp³-hybridized carbons (Fsp3) is 0.500. The molecule has 3 N–H and O–H groups in total. The van der Waals surface area contributed by atoms with Crippen molar-refractivity contribution in [2.45, 2.75) is 18.9 Å². The van der Waals surface area contributed by atoms with Crippen molar-refractivity contribution >= 4 is 34.2 Å². The van der Waals surface area contributed by atoms with Gasteiger partial charge in [-0.3, -0.25) is 4.79 Å². The van der Waals surface area contributed by atoms with Crippen molar-refractivity contribution in [3.05, 3.63) is 34.3 Å². The Labute approximate surface area is 133 Å². The van der Waals surface area contributed by atoms with Gasteiger partial charge in [0.05, 0.1) is 6.10 Å². The molecule has 1 saturated heterocycles. The molecule has 0 spiro atoms. The smallest absolute Gasteiger partial charge is 0.220 e. The van der Waals surface area contributed by atoms with Crippen molar-refractivity contribution in [1.29, 1.82) is 0 Å². The standard InChI is InChI=1S/C14H19BrN2O2.ClH/c15-12-4-1-10(2-5-12)3-6-14(19)17-8-11-7-16-9-13(11)18;/h1-2,4-5,11,13,16,18H,3,6-9H2,(H,17,19);1H. The van der Waals surface area contributed by atoms with E-state index in [0.29, 0.717) is 19.5 Å². The molecule has 1 aliphatic heterocycles. The van der Waals surface area contributed by atoms with Gasteiger partial charge in [-0.2, -0.15) is 0 Å². The minimum Gasteiger partial charge on any atom is -0.391 e. The third-order valence-corrected chi connectivity index (χ3v) is 3.95. The average Bonchev–Trinajstić information content (AvgIpc) is 2.81. The summed E-state index contributed by atoms with van der Waals surface area (Å²) in [6, 6.07) is 7.99. The lowest BCUT2D eigenvalue weighted by molar-refractivity contribution is -0.121. The van der Waals surface area contributed by atoms with Crippen molar-refractivity contribution in [2.75, 3.05) is 19.6 Å². The molecule has 0 aliphatic carbocycles. The van der Waals surface area contributed by atoms with Gasteiger partial charge in [0, 0.05) is 36.4 Å². The highest BCUT2D eigenvalue weighted by atomic mass is 79.9.